The molecule has 1 heterocycles. The lowest BCUT2D eigenvalue weighted by Crippen LogP contribution is -2.46. The Morgan fingerprint density at radius 2 is 2.00 bits per heavy atom. The summed E-state index contributed by atoms with van der Waals surface area (Å²) >= 11 is 2.10. The van der Waals surface area contributed by atoms with Crippen molar-refractivity contribution in [2.75, 3.05) is 25.9 Å². The molecule has 1 aliphatic carbocycles. The molecule has 1 saturated heterocycles. The van der Waals surface area contributed by atoms with Crippen molar-refractivity contribution < 1.29 is 0 Å². The van der Waals surface area contributed by atoms with E-state index < -0.39 is 0 Å². The third-order valence-electron chi connectivity index (χ3n) is 4.45. The van der Waals surface area contributed by atoms with E-state index in [0.29, 0.717) is 4.75 Å². The molecule has 0 spiro atoms. The van der Waals surface area contributed by atoms with Crippen LogP contribution in [-0.2, 0) is 0 Å². The van der Waals surface area contributed by atoms with Gasteiger partial charge >= 0.3 is 0 Å². The van der Waals surface area contributed by atoms with E-state index in [4.69, 9.17) is 0 Å². The largest absolute Gasteiger partial charge is 0.314 e. The fourth-order valence-corrected chi connectivity index (χ4v) is 4.16. The van der Waals surface area contributed by atoms with E-state index in [0.717, 1.165) is 6.04 Å². The van der Waals surface area contributed by atoms with E-state index in [1.54, 1.807) is 0 Å². The predicted molar refractivity (Wildman–Crippen MR) is 77.8 cm³/mol. The van der Waals surface area contributed by atoms with Crippen LogP contribution in [0.2, 0.25) is 0 Å². The molecule has 2 aliphatic rings. The van der Waals surface area contributed by atoms with Crippen molar-refractivity contribution in [3.63, 3.8) is 0 Å². The van der Waals surface area contributed by atoms with Crippen molar-refractivity contribution in [3.8, 4) is 0 Å². The van der Waals surface area contributed by atoms with Crippen molar-refractivity contribution >= 4 is 11.8 Å². The van der Waals surface area contributed by atoms with Crippen LogP contribution in [0.3, 0.4) is 0 Å². The molecule has 3 heteroatoms. The maximum atomic E-state index is 3.73. The van der Waals surface area contributed by atoms with Gasteiger partial charge in [-0.25, -0.2) is 0 Å². The minimum absolute atomic E-state index is 0.549. The van der Waals surface area contributed by atoms with Crippen molar-refractivity contribution in [2.24, 2.45) is 0 Å². The lowest BCUT2D eigenvalue weighted by molar-refractivity contribution is 0.347. The molecular weight excluding hydrogens is 228 g/mol. The van der Waals surface area contributed by atoms with Gasteiger partial charge in [0.15, 0.2) is 0 Å². The zero-order valence-electron chi connectivity index (χ0n) is 11.3. The Labute approximate surface area is 111 Å². The van der Waals surface area contributed by atoms with Gasteiger partial charge in [-0.05, 0) is 38.5 Å². The van der Waals surface area contributed by atoms with Gasteiger partial charge in [0.1, 0.15) is 0 Å². The molecule has 2 fully saturated rings. The molecule has 0 aromatic heterocycles. The maximum absolute atomic E-state index is 3.73. The van der Waals surface area contributed by atoms with Gasteiger partial charge in [0, 0.05) is 23.9 Å². The van der Waals surface area contributed by atoms with Gasteiger partial charge in [0.25, 0.3) is 0 Å². The van der Waals surface area contributed by atoms with Gasteiger partial charge in [-0.15, -0.1) is 0 Å². The second-order valence-electron chi connectivity index (χ2n) is 5.73. The quantitative estimate of drug-likeness (QED) is 0.791. The first-order valence-corrected chi connectivity index (χ1v) is 8.56. The monoisotopic (exact) mass is 256 g/mol. The SMILES string of the molecule is CSC1(CNCC2CCCCN2)CCCCC1. The summed E-state index contributed by atoms with van der Waals surface area (Å²) in [4.78, 5) is 0. The minimum atomic E-state index is 0.549. The lowest BCUT2D eigenvalue weighted by atomic mass is 9.88. The van der Waals surface area contributed by atoms with E-state index in [1.165, 1.54) is 71.0 Å². The molecule has 100 valence electrons. The number of nitrogens with one attached hydrogen (secondary N) is 2. The molecule has 2 rings (SSSR count). The highest BCUT2D eigenvalue weighted by atomic mass is 32.2. The fourth-order valence-electron chi connectivity index (χ4n) is 3.22. The zero-order chi connectivity index (χ0) is 12.0. The Balaban J connectivity index is 1.68. The smallest absolute Gasteiger partial charge is 0.0281 e. The molecule has 0 bridgehead atoms. The van der Waals surface area contributed by atoms with E-state index in [-0.39, 0.29) is 0 Å². The van der Waals surface area contributed by atoms with Crippen LogP contribution >= 0.6 is 11.8 Å². The molecule has 0 aromatic rings. The summed E-state index contributed by atoms with van der Waals surface area (Å²) in [7, 11) is 0. The molecule has 17 heavy (non-hydrogen) atoms. The second-order valence-corrected chi connectivity index (χ2v) is 7.00. The van der Waals surface area contributed by atoms with Crippen LogP contribution in [0, 0.1) is 0 Å². The lowest BCUT2D eigenvalue weighted by Gasteiger charge is -2.36. The van der Waals surface area contributed by atoms with Crippen molar-refractivity contribution in [3.05, 3.63) is 0 Å². The Kier molecular flexibility index (Phi) is 5.64. The van der Waals surface area contributed by atoms with Crippen LogP contribution in [0.25, 0.3) is 0 Å². The fraction of sp³-hybridized carbons (Fsp3) is 1.00. The highest BCUT2D eigenvalue weighted by molar-refractivity contribution is 8.00. The van der Waals surface area contributed by atoms with Gasteiger partial charge in [-0.2, -0.15) is 11.8 Å². The van der Waals surface area contributed by atoms with Gasteiger partial charge < -0.3 is 10.6 Å². The first-order chi connectivity index (χ1) is 8.35. The van der Waals surface area contributed by atoms with E-state index >= 15 is 0 Å². The van der Waals surface area contributed by atoms with E-state index in [9.17, 15) is 0 Å². The second kappa shape index (κ2) is 7.01. The van der Waals surface area contributed by atoms with Crippen LogP contribution in [0.15, 0.2) is 0 Å². The van der Waals surface area contributed by atoms with Crippen molar-refractivity contribution in [1.82, 2.24) is 10.6 Å². The average Bonchev–Trinajstić information content (AvgIpc) is 2.41. The van der Waals surface area contributed by atoms with Crippen molar-refractivity contribution in [1.29, 1.82) is 0 Å². The highest BCUT2D eigenvalue weighted by Crippen LogP contribution is 2.37. The van der Waals surface area contributed by atoms with Crippen molar-refractivity contribution in [2.45, 2.75) is 62.2 Å². The maximum Gasteiger partial charge on any atom is 0.0281 e. The number of piperidine rings is 1. The summed E-state index contributed by atoms with van der Waals surface area (Å²) in [6, 6.07) is 0.728. The summed E-state index contributed by atoms with van der Waals surface area (Å²) in [5.74, 6) is 0. The molecule has 1 saturated carbocycles. The molecule has 2 N–H and O–H groups in total. The van der Waals surface area contributed by atoms with Gasteiger partial charge in [-0.1, -0.05) is 25.7 Å². The molecule has 0 radical (unpaired) electrons. The van der Waals surface area contributed by atoms with E-state index in [1.807, 2.05) is 0 Å². The summed E-state index contributed by atoms with van der Waals surface area (Å²) in [5.41, 5.74) is 0. The summed E-state index contributed by atoms with van der Waals surface area (Å²) in [5, 5.41) is 7.35. The Hall–Kier alpha value is 0.270. The van der Waals surface area contributed by atoms with Crippen LogP contribution in [0.5, 0.6) is 0 Å². The van der Waals surface area contributed by atoms with Crippen LogP contribution in [0.1, 0.15) is 51.4 Å². The molecular formula is C14H28N2S. The molecule has 0 amide bonds. The zero-order valence-corrected chi connectivity index (χ0v) is 12.1. The van der Waals surface area contributed by atoms with Gasteiger partial charge in [0.05, 0.1) is 0 Å². The minimum Gasteiger partial charge on any atom is -0.314 e. The molecule has 0 aromatic carbocycles. The normalized spacial score (nSPS) is 29.1. The third kappa shape index (κ3) is 4.15. The van der Waals surface area contributed by atoms with Crippen LogP contribution in [0.4, 0.5) is 0 Å². The Bertz CT molecular complexity index is 208. The van der Waals surface area contributed by atoms with Crippen LogP contribution in [-0.4, -0.2) is 36.7 Å². The van der Waals surface area contributed by atoms with Crippen LogP contribution < -0.4 is 10.6 Å². The Morgan fingerprint density at radius 3 is 2.65 bits per heavy atom. The first-order valence-electron chi connectivity index (χ1n) is 7.34. The number of hydrogen-bond donors (Lipinski definition) is 2. The molecule has 1 unspecified atom stereocenters. The molecule has 1 aliphatic heterocycles. The Morgan fingerprint density at radius 1 is 1.18 bits per heavy atom. The highest BCUT2D eigenvalue weighted by Gasteiger charge is 2.30. The standard InChI is InChI=1S/C14H28N2S/c1-17-14(8-4-2-5-9-14)12-15-11-13-7-3-6-10-16-13/h13,15-16H,2-12H2,1H3. The number of rotatable bonds is 5. The summed E-state index contributed by atoms with van der Waals surface area (Å²) in [6.45, 7) is 3.61. The number of hydrogen-bond acceptors (Lipinski definition) is 3. The summed E-state index contributed by atoms with van der Waals surface area (Å²) < 4.78 is 0.549. The number of thioether (sulfide) groups is 1. The van der Waals surface area contributed by atoms with E-state index in [2.05, 4.69) is 28.7 Å². The first kappa shape index (κ1) is 13.7. The van der Waals surface area contributed by atoms with Gasteiger partial charge in [-0.3, -0.25) is 0 Å². The molecule has 1 atom stereocenters. The summed E-state index contributed by atoms with van der Waals surface area (Å²) in [6.07, 6.45) is 13.6. The average molecular weight is 256 g/mol. The topological polar surface area (TPSA) is 24.1 Å². The molecule has 2 nitrogen and oxygen atoms in total. The predicted octanol–water partition coefficient (Wildman–Crippen LogP) is 2.78. The van der Waals surface area contributed by atoms with Gasteiger partial charge in [0.2, 0.25) is 0 Å². The third-order valence-corrected chi connectivity index (χ3v) is 5.87.